The van der Waals surface area contributed by atoms with E-state index < -0.39 is 21.5 Å². The number of aromatic amines is 1. The van der Waals surface area contributed by atoms with Gasteiger partial charge >= 0.3 is 0 Å². The summed E-state index contributed by atoms with van der Waals surface area (Å²) in [6.07, 6.45) is 1.05. The Hall–Kier alpha value is -2.91. The van der Waals surface area contributed by atoms with Crippen molar-refractivity contribution in [3.63, 3.8) is 0 Å². The van der Waals surface area contributed by atoms with Gasteiger partial charge in [0.1, 0.15) is 5.56 Å². The number of pyridine rings is 1. The molecule has 0 aliphatic rings. The molecule has 0 spiro atoms. The second-order valence-electron chi connectivity index (χ2n) is 5.81. The highest BCUT2D eigenvalue weighted by Gasteiger charge is 2.13. The van der Waals surface area contributed by atoms with Gasteiger partial charge < -0.3 is 10.3 Å². The summed E-state index contributed by atoms with van der Waals surface area (Å²) in [5.74, 6) is -0.539. The third-order valence-corrected chi connectivity index (χ3v) is 5.19. The maximum absolute atomic E-state index is 12.4. The molecule has 0 radical (unpaired) electrons. The number of para-hydroxylation sites is 1. The van der Waals surface area contributed by atoms with Crippen LogP contribution in [0.3, 0.4) is 0 Å². The largest absolute Gasteiger partial charge is 0.348 e. The highest BCUT2D eigenvalue weighted by molar-refractivity contribution is 7.92. The molecule has 9 heteroatoms. The number of nitrogens with one attached hydrogen (secondary N) is 3. The lowest BCUT2D eigenvalue weighted by Gasteiger charge is -2.11. The molecule has 140 valence electrons. The Labute approximate surface area is 160 Å². The summed E-state index contributed by atoms with van der Waals surface area (Å²) in [6.45, 7) is 0.0731. The maximum Gasteiger partial charge on any atom is 0.261 e. The summed E-state index contributed by atoms with van der Waals surface area (Å²) in [7, 11) is -3.44. The van der Waals surface area contributed by atoms with E-state index in [9.17, 15) is 18.0 Å². The van der Waals surface area contributed by atoms with Crippen LogP contribution in [-0.2, 0) is 16.6 Å². The number of hydrogen-bond donors (Lipinski definition) is 3. The lowest BCUT2D eigenvalue weighted by Crippen LogP contribution is -2.29. The minimum atomic E-state index is -3.44. The molecule has 1 aromatic carbocycles. The Morgan fingerprint density at radius 2 is 1.89 bits per heavy atom. The van der Waals surface area contributed by atoms with Crippen molar-refractivity contribution in [3.8, 4) is 10.6 Å². The molecule has 3 rings (SSSR count). The fourth-order valence-corrected chi connectivity index (χ4v) is 3.78. The molecule has 0 fully saturated rings. The monoisotopic (exact) mass is 403 g/mol. The van der Waals surface area contributed by atoms with Gasteiger partial charge in [-0.1, -0.05) is 24.3 Å². The minimum absolute atomic E-state index is 0.0103. The van der Waals surface area contributed by atoms with E-state index in [1.807, 2.05) is 17.5 Å². The first-order chi connectivity index (χ1) is 12.8. The zero-order valence-corrected chi connectivity index (χ0v) is 16.0. The van der Waals surface area contributed by atoms with Gasteiger partial charge in [0.15, 0.2) is 0 Å². The Morgan fingerprint density at radius 3 is 2.56 bits per heavy atom. The first-order valence-electron chi connectivity index (χ1n) is 7.94. The van der Waals surface area contributed by atoms with Crippen molar-refractivity contribution >= 4 is 33.0 Å². The van der Waals surface area contributed by atoms with Gasteiger partial charge in [0.2, 0.25) is 10.0 Å². The zero-order chi connectivity index (χ0) is 19.4. The Bertz CT molecular complexity index is 1120. The van der Waals surface area contributed by atoms with Crippen LogP contribution in [0.4, 0.5) is 5.69 Å². The fraction of sp³-hybridized carbons (Fsp3) is 0.111. The van der Waals surface area contributed by atoms with Crippen LogP contribution < -0.4 is 15.6 Å². The Kier molecular flexibility index (Phi) is 5.43. The van der Waals surface area contributed by atoms with E-state index in [0.29, 0.717) is 16.9 Å². The van der Waals surface area contributed by atoms with Gasteiger partial charge in [0.05, 0.1) is 22.5 Å². The van der Waals surface area contributed by atoms with Gasteiger partial charge in [-0.25, -0.2) is 8.42 Å². The van der Waals surface area contributed by atoms with Crippen LogP contribution in [0.1, 0.15) is 15.9 Å². The number of sulfonamides is 1. The van der Waals surface area contributed by atoms with E-state index in [1.54, 1.807) is 30.3 Å². The number of aromatic nitrogens is 1. The van der Waals surface area contributed by atoms with Crippen molar-refractivity contribution in [3.05, 3.63) is 75.4 Å². The van der Waals surface area contributed by atoms with E-state index in [-0.39, 0.29) is 12.1 Å². The van der Waals surface area contributed by atoms with Gasteiger partial charge in [0.25, 0.3) is 11.5 Å². The smallest absolute Gasteiger partial charge is 0.261 e. The molecule has 0 saturated carbocycles. The number of thiophene rings is 1. The van der Waals surface area contributed by atoms with Crippen LogP contribution in [-0.4, -0.2) is 25.6 Å². The number of benzene rings is 1. The summed E-state index contributed by atoms with van der Waals surface area (Å²) in [4.78, 5) is 28.2. The van der Waals surface area contributed by atoms with Gasteiger partial charge in [-0.05, 0) is 35.2 Å². The quantitative estimate of drug-likeness (QED) is 0.587. The van der Waals surface area contributed by atoms with Crippen LogP contribution >= 0.6 is 11.3 Å². The first kappa shape index (κ1) is 18.9. The maximum atomic E-state index is 12.4. The molecule has 0 unspecified atom stereocenters. The van der Waals surface area contributed by atoms with E-state index in [4.69, 9.17) is 0 Å². The average Bonchev–Trinajstić information content (AvgIpc) is 3.14. The van der Waals surface area contributed by atoms with Crippen LogP contribution in [0.25, 0.3) is 10.6 Å². The number of anilines is 1. The number of amides is 1. The zero-order valence-electron chi connectivity index (χ0n) is 14.4. The van der Waals surface area contributed by atoms with Crippen LogP contribution in [0.5, 0.6) is 0 Å². The van der Waals surface area contributed by atoms with Gasteiger partial charge in [-0.3, -0.25) is 14.3 Å². The molecule has 0 bridgehead atoms. The molecular weight excluding hydrogens is 386 g/mol. The lowest BCUT2D eigenvalue weighted by molar-refractivity contribution is 0.0949. The second kappa shape index (κ2) is 7.77. The number of H-pyrrole nitrogens is 1. The molecular formula is C18H17N3O4S2. The Balaban J connectivity index is 1.75. The molecule has 2 aromatic heterocycles. The van der Waals surface area contributed by atoms with Crippen molar-refractivity contribution < 1.29 is 13.2 Å². The molecule has 3 N–H and O–H groups in total. The standard InChI is InChI=1S/C18H17N3O4S2/c1-27(24,25)21-14-6-3-2-5-12(14)11-19-17(22)13-8-9-15(20-18(13)23)16-7-4-10-26-16/h2-10,21H,11H2,1H3,(H,19,22)(H,20,23). The second-order valence-corrected chi connectivity index (χ2v) is 8.50. The Morgan fingerprint density at radius 1 is 1.11 bits per heavy atom. The number of carbonyl (C=O) groups excluding carboxylic acids is 1. The number of hydrogen-bond acceptors (Lipinski definition) is 5. The predicted octanol–water partition coefficient (Wildman–Crippen LogP) is 2.40. The number of carbonyl (C=O) groups is 1. The molecule has 27 heavy (non-hydrogen) atoms. The summed E-state index contributed by atoms with van der Waals surface area (Å²) >= 11 is 1.49. The van der Waals surface area contributed by atoms with E-state index in [2.05, 4.69) is 15.0 Å². The van der Waals surface area contributed by atoms with Crippen molar-refractivity contribution in [2.24, 2.45) is 0 Å². The summed E-state index contributed by atoms with van der Waals surface area (Å²) in [6, 6.07) is 13.6. The topological polar surface area (TPSA) is 108 Å². The summed E-state index contributed by atoms with van der Waals surface area (Å²) < 4.78 is 25.3. The van der Waals surface area contributed by atoms with E-state index in [0.717, 1.165) is 11.1 Å². The highest BCUT2D eigenvalue weighted by Crippen LogP contribution is 2.21. The first-order valence-corrected chi connectivity index (χ1v) is 10.7. The molecule has 2 heterocycles. The van der Waals surface area contributed by atoms with Crippen LogP contribution in [0.15, 0.2) is 58.7 Å². The van der Waals surface area contributed by atoms with Crippen molar-refractivity contribution in [1.29, 1.82) is 0 Å². The summed E-state index contributed by atoms with van der Waals surface area (Å²) in [5.41, 5.74) is 1.12. The lowest BCUT2D eigenvalue weighted by atomic mass is 10.1. The fourth-order valence-electron chi connectivity index (χ4n) is 2.47. The molecule has 0 atom stereocenters. The summed E-state index contributed by atoms with van der Waals surface area (Å²) in [5, 5.41) is 4.54. The molecule has 7 nitrogen and oxygen atoms in total. The minimum Gasteiger partial charge on any atom is -0.348 e. The highest BCUT2D eigenvalue weighted by atomic mass is 32.2. The average molecular weight is 403 g/mol. The third kappa shape index (κ3) is 4.83. The van der Waals surface area contributed by atoms with Crippen LogP contribution in [0, 0.1) is 0 Å². The molecule has 0 aliphatic carbocycles. The third-order valence-electron chi connectivity index (χ3n) is 3.69. The normalized spacial score (nSPS) is 11.1. The molecule has 3 aromatic rings. The van der Waals surface area contributed by atoms with Crippen molar-refractivity contribution in [1.82, 2.24) is 10.3 Å². The van der Waals surface area contributed by atoms with Gasteiger partial charge in [-0.15, -0.1) is 11.3 Å². The van der Waals surface area contributed by atoms with E-state index >= 15 is 0 Å². The van der Waals surface area contributed by atoms with Crippen molar-refractivity contribution in [2.75, 3.05) is 11.0 Å². The molecule has 1 amide bonds. The van der Waals surface area contributed by atoms with Gasteiger partial charge in [0, 0.05) is 6.54 Å². The number of rotatable bonds is 6. The van der Waals surface area contributed by atoms with Crippen molar-refractivity contribution in [2.45, 2.75) is 6.54 Å². The predicted molar refractivity (Wildman–Crippen MR) is 106 cm³/mol. The van der Waals surface area contributed by atoms with Crippen LogP contribution in [0.2, 0.25) is 0 Å². The molecule has 0 aliphatic heterocycles. The SMILES string of the molecule is CS(=O)(=O)Nc1ccccc1CNC(=O)c1ccc(-c2cccs2)[nH]c1=O. The van der Waals surface area contributed by atoms with E-state index in [1.165, 1.54) is 17.4 Å². The molecule has 0 saturated heterocycles. The van der Waals surface area contributed by atoms with Gasteiger partial charge in [-0.2, -0.15) is 0 Å².